The molecule has 1 rings (SSSR count). The second-order valence-corrected chi connectivity index (χ2v) is 5.08. The zero-order valence-electron chi connectivity index (χ0n) is 10.2. The molecule has 1 aliphatic heterocycles. The van der Waals surface area contributed by atoms with Crippen LogP contribution in [0.2, 0.25) is 0 Å². The Kier molecular flexibility index (Phi) is 3.97. The Morgan fingerprint density at radius 1 is 1.60 bits per heavy atom. The Morgan fingerprint density at radius 2 is 2.27 bits per heavy atom. The van der Waals surface area contributed by atoms with Crippen LogP contribution in [0.1, 0.15) is 20.3 Å². The highest BCUT2D eigenvalue weighted by atomic mass is 16.5. The van der Waals surface area contributed by atoms with E-state index in [1.54, 1.807) is 0 Å². The lowest BCUT2D eigenvalue weighted by atomic mass is 9.78. The van der Waals surface area contributed by atoms with Gasteiger partial charge in [-0.15, -0.1) is 0 Å². The number of amides is 1. The van der Waals surface area contributed by atoms with Crippen molar-refractivity contribution < 1.29 is 9.53 Å². The third-order valence-corrected chi connectivity index (χ3v) is 3.37. The number of carbonyl (C=O) groups is 1. The normalized spacial score (nSPS) is 22.8. The van der Waals surface area contributed by atoms with E-state index in [1.807, 2.05) is 0 Å². The fourth-order valence-electron chi connectivity index (χ4n) is 2.09. The van der Waals surface area contributed by atoms with Gasteiger partial charge in [0, 0.05) is 13.1 Å². The molecule has 4 nitrogen and oxygen atoms in total. The SMILES string of the molecule is COC(=O)NCC(C)(C)C1CCN(C)C1. The van der Waals surface area contributed by atoms with E-state index < -0.39 is 0 Å². The molecular formula is C11H22N2O2. The van der Waals surface area contributed by atoms with Gasteiger partial charge in [0.05, 0.1) is 7.11 Å². The van der Waals surface area contributed by atoms with Crippen LogP contribution in [0.25, 0.3) is 0 Å². The predicted octanol–water partition coefficient (Wildman–Crippen LogP) is 1.32. The third kappa shape index (κ3) is 3.38. The summed E-state index contributed by atoms with van der Waals surface area (Å²) in [6.45, 7) is 7.36. The molecule has 4 heteroatoms. The van der Waals surface area contributed by atoms with Crippen LogP contribution < -0.4 is 5.32 Å². The van der Waals surface area contributed by atoms with Crippen molar-refractivity contribution in [1.82, 2.24) is 10.2 Å². The molecule has 88 valence electrons. The summed E-state index contributed by atoms with van der Waals surface area (Å²) in [7, 11) is 3.54. The number of nitrogens with one attached hydrogen (secondary N) is 1. The van der Waals surface area contributed by atoms with Gasteiger partial charge in [-0.05, 0) is 31.3 Å². The van der Waals surface area contributed by atoms with Gasteiger partial charge in [0.1, 0.15) is 0 Å². The number of rotatable bonds is 3. The van der Waals surface area contributed by atoms with Crippen LogP contribution in [0.5, 0.6) is 0 Å². The molecule has 1 N–H and O–H groups in total. The van der Waals surface area contributed by atoms with E-state index in [4.69, 9.17) is 0 Å². The van der Waals surface area contributed by atoms with Crippen molar-refractivity contribution in [2.45, 2.75) is 20.3 Å². The lowest BCUT2D eigenvalue weighted by Crippen LogP contribution is -2.39. The summed E-state index contributed by atoms with van der Waals surface area (Å²) in [5.74, 6) is 0.652. The summed E-state index contributed by atoms with van der Waals surface area (Å²) in [4.78, 5) is 13.3. The Bertz CT molecular complexity index is 229. The van der Waals surface area contributed by atoms with E-state index >= 15 is 0 Å². The number of ether oxygens (including phenoxy) is 1. The molecule has 0 aliphatic carbocycles. The number of alkyl carbamates (subject to hydrolysis) is 1. The molecule has 1 atom stereocenters. The van der Waals surface area contributed by atoms with Gasteiger partial charge in [0.2, 0.25) is 0 Å². The predicted molar refractivity (Wildman–Crippen MR) is 59.8 cm³/mol. The number of likely N-dealkylation sites (tertiary alicyclic amines) is 1. The maximum Gasteiger partial charge on any atom is 0.406 e. The average Bonchev–Trinajstić information content (AvgIpc) is 2.62. The van der Waals surface area contributed by atoms with E-state index in [0.29, 0.717) is 12.5 Å². The van der Waals surface area contributed by atoms with E-state index in [9.17, 15) is 4.79 Å². The van der Waals surface area contributed by atoms with Crippen LogP contribution in [-0.2, 0) is 4.74 Å². The van der Waals surface area contributed by atoms with Crippen molar-refractivity contribution in [3.63, 3.8) is 0 Å². The highest BCUT2D eigenvalue weighted by molar-refractivity contribution is 5.66. The van der Waals surface area contributed by atoms with Crippen LogP contribution in [0.3, 0.4) is 0 Å². The quantitative estimate of drug-likeness (QED) is 0.770. The Labute approximate surface area is 92.0 Å². The fourth-order valence-corrected chi connectivity index (χ4v) is 2.09. The average molecular weight is 214 g/mol. The molecule has 1 amide bonds. The zero-order valence-corrected chi connectivity index (χ0v) is 10.2. The minimum Gasteiger partial charge on any atom is -0.453 e. The third-order valence-electron chi connectivity index (χ3n) is 3.37. The van der Waals surface area contributed by atoms with E-state index in [0.717, 1.165) is 13.1 Å². The van der Waals surface area contributed by atoms with Crippen molar-refractivity contribution in [3.8, 4) is 0 Å². The Balaban J connectivity index is 2.40. The number of carbonyl (C=O) groups excluding carboxylic acids is 1. The molecule has 0 radical (unpaired) electrons. The number of methoxy groups -OCH3 is 1. The number of hydrogen-bond donors (Lipinski definition) is 1. The first-order valence-corrected chi connectivity index (χ1v) is 5.46. The standard InChI is InChI=1S/C11H22N2O2/c1-11(2,8-12-10(14)15-4)9-5-6-13(3)7-9/h9H,5-8H2,1-4H3,(H,12,14). The molecule has 0 aromatic heterocycles. The van der Waals surface area contributed by atoms with Crippen LogP contribution in [-0.4, -0.2) is 44.8 Å². The van der Waals surface area contributed by atoms with Crippen molar-refractivity contribution in [2.75, 3.05) is 33.8 Å². The first kappa shape index (κ1) is 12.3. The molecule has 0 spiro atoms. The monoisotopic (exact) mass is 214 g/mol. The second kappa shape index (κ2) is 4.84. The maximum atomic E-state index is 11.0. The van der Waals surface area contributed by atoms with Crippen molar-refractivity contribution in [3.05, 3.63) is 0 Å². The van der Waals surface area contributed by atoms with Crippen molar-refractivity contribution in [1.29, 1.82) is 0 Å². The molecule has 0 aromatic carbocycles. The second-order valence-electron chi connectivity index (χ2n) is 5.08. The van der Waals surface area contributed by atoms with Gasteiger partial charge in [-0.2, -0.15) is 0 Å². The van der Waals surface area contributed by atoms with E-state index in [2.05, 4.69) is 35.8 Å². The summed E-state index contributed by atoms with van der Waals surface area (Å²) >= 11 is 0. The smallest absolute Gasteiger partial charge is 0.406 e. The largest absolute Gasteiger partial charge is 0.453 e. The first-order valence-electron chi connectivity index (χ1n) is 5.46. The molecule has 1 unspecified atom stereocenters. The van der Waals surface area contributed by atoms with E-state index in [1.165, 1.54) is 13.5 Å². The van der Waals surface area contributed by atoms with E-state index in [-0.39, 0.29) is 11.5 Å². The van der Waals surface area contributed by atoms with Gasteiger partial charge in [-0.25, -0.2) is 4.79 Å². The summed E-state index contributed by atoms with van der Waals surface area (Å²) in [5.41, 5.74) is 0.138. The summed E-state index contributed by atoms with van der Waals surface area (Å²) < 4.78 is 4.57. The fraction of sp³-hybridized carbons (Fsp3) is 0.909. The van der Waals surface area contributed by atoms with Crippen LogP contribution in [0.15, 0.2) is 0 Å². The first-order chi connectivity index (χ1) is 6.95. The molecule has 0 aromatic rings. The Hall–Kier alpha value is -0.770. The van der Waals surface area contributed by atoms with Crippen LogP contribution >= 0.6 is 0 Å². The molecular weight excluding hydrogens is 192 g/mol. The van der Waals surface area contributed by atoms with Crippen molar-refractivity contribution in [2.24, 2.45) is 11.3 Å². The lowest BCUT2D eigenvalue weighted by molar-refractivity contribution is 0.154. The minimum atomic E-state index is -0.338. The summed E-state index contributed by atoms with van der Waals surface area (Å²) in [6.07, 6.45) is 0.876. The van der Waals surface area contributed by atoms with Gasteiger partial charge in [0.15, 0.2) is 0 Å². The van der Waals surface area contributed by atoms with Gasteiger partial charge < -0.3 is 15.0 Å². The van der Waals surface area contributed by atoms with Gasteiger partial charge in [-0.1, -0.05) is 13.8 Å². The molecule has 1 heterocycles. The highest BCUT2D eigenvalue weighted by Crippen LogP contribution is 2.33. The lowest BCUT2D eigenvalue weighted by Gasteiger charge is -2.31. The molecule has 15 heavy (non-hydrogen) atoms. The number of hydrogen-bond acceptors (Lipinski definition) is 3. The minimum absolute atomic E-state index is 0.138. The zero-order chi connectivity index (χ0) is 11.5. The van der Waals surface area contributed by atoms with Crippen LogP contribution in [0, 0.1) is 11.3 Å². The highest BCUT2D eigenvalue weighted by Gasteiger charge is 2.34. The molecule has 0 bridgehead atoms. The van der Waals surface area contributed by atoms with Gasteiger partial charge in [-0.3, -0.25) is 0 Å². The summed E-state index contributed by atoms with van der Waals surface area (Å²) in [5, 5.41) is 2.78. The molecule has 1 aliphatic rings. The van der Waals surface area contributed by atoms with Gasteiger partial charge >= 0.3 is 6.09 Å². The molecule has 1 fully saturated rings. The number of nitrogens with zero attached hydrogens (tertiary/aromatic N) is 1. The summed E-state index contributed by atoms with van der Waals surface area (Å²) in [6, 6.07) is 0. The van der Waals surface area contributed by atoms with Crippen LogP contribution in [0.4, 0.5) is 4.79 Å². The topological polar surface area (TPSA) is 41.6 Å². The Morgan fingerprint density at radius 3 is 2.73 bits per heavy atom. The van der Waals surface area contributed by atoms with Gasteiger partial charge in [0.25, 0.3) is 0 Å². The molecule has 1 saturated heterocycles. The van der Waals surface area contributed by atoms with Crippen molar-refractivity contribution >= 4 is 6.09 Å². The molecule has 0 saturated carbocycles. The maximum absolute atomic E-state index is 11.0.